The molecule has 1 N–H and O–H groups in total. The van der Waals surface area contributed by atoms with Gasteiger partial charge in [-0.15, -0.1) is 0 Å². The number of carbonyl (C=O) groups excluding carboxylic acids is 1. The standard InChI is InChI=1S/C26H27N3O/c1-26(2,3)21-15-13-20(14-16-21)25-28-22-11-7-8-12-23(22)29(25)18-24(30)27-17-19-9-5-4-6-10-19/h4-16H,17-18H2,1-3H3,(H,27,30). The van der Waals surface area contributed by atoms with E-state index in [1.165, 1.54) is 5.56 Å². The van der Waals surface area contributed by atoms with Crippen LogP contribution in [0, 0.1) is 0 Å². The number of hydrogen-bond donors (Lipinski definition) is 1. The molecule has 0 saturated carbocycles. The zero-order valence-electron chi connectivity index (χ0n) is 17.7. The van der Waals surface area contributed by atoms with Gasteiger partial charge in [-0.25, -0.2) is 4.98 Å². The molecular formula is C26H27N3O. The molecule has 0 saturated heterocycles. The van der Waals surface area contributed by atoms with E-state index in [2.05, 4.69) is 50.4 Å². The molecule has 1 amide bonds. The van der Waals surface area contributed by atoms with Gasteiger partial charge in [-0.3, -0.25) is 4.79 Å². The summed E-state index contributed by atoms with van der Waals surface area (Å²) in [6.45, 7) is 7.35. The second-order valence-electron chi connectivity index (χ2n) is 8.60. The molecule has 0 atom stereocenters. The van der Waals surface area contributed by atoms with E-state index in [1.54, 1.807) is 0 Å². The highest BCUT2D eigenvalue weighted by Gasteiger charge is 2.17. The first-order valence-corrected chi connectivity index (χ1v) is 10.3. The first kappa shape index (κ1) is 19.9. The minimum Gasteiger partial charge on any atom is -0.350 e. The highest BCUT2D eigenvalue weighted by Crippen LogP contribution is 2.28. The minimum atomic E-state index is -0.0328. The second-order valence-corrected chi connectivity index (χ2v) is 8.60. The van der Waals surface area contributed by atoms with Crippen molar-refractivity contribution in [3.8, 4) is 11.4 Å². The fourth-order valence-corrected chi connectivity index (χ4v) is 3.57. The number of imidazole rings is 1. The van der Waals surface area contributed by atoms with Gasteiger partial charge < -0.3 is 9.88 Å². The lowest BCUT2D eigenvalue weighted by Crippen LogP contribution is -2.27. The summed E-state index contributed by atoms with van der Waals surface area (Å²) >= 11 is 0. The second kappa shape index (κ2) is 8.15. The van der Waals surface area contributed by atoms with Crippen molar-refractivity contribution in [1.82, 2.24) is 14.9 Å². The van der Waals surface area contributed by atoms with Gasteiger partial charge in [0.2, 0.25) is 5.91 Å². The van der Waals surface area contributed by atoms with Crippen LogP contribution in [0.3, 0.4) is 0 Å². The van der Waals surface area contributed by atoms with Gasteiger partial charge in [-0.05, 0) is 28.7 Å². The third-order valence-electron chi connectivity index (χ3n) is 5.30. The molecule has 4 rings (SSSR count). The molecule has 0 aliphatic heterocycles. The summed E-state index contributed by atoms with van der Waals surface area (Å²) < 4.78 is 2.00. The van der Waals surface area contributed by atoms with Gasteiger partial charge in [0, 0.05) is 12.1 Å². The van der Waals surface area contributed by atoms with Crippen LogP contribution in [0.15, 0.2) is 78.9 Å². The van der Waals surface area contributed by atoms with Gasteiger partial charge in [0.05, 0.1) is 11.0 Å². The lowest BCUT2D eigenvalue weighted by molar-refractivity contribution is -0.121. The summed E-state index contributed by atoms with van der Waals surface area (Å²) in [5.74, 6) is 0.779. The van der Waals surface area contributed by atoms with E-state index in [9.17, 15) is 4.79 Å². The SMILES string of the molecule is CC(C)(C)c1ccc(-c2nc3ccccc3n2CC(=O)NCc2ccccc2)cc1. The highest BCUT2D eigenvalue weighted by atomic mass is 16.1. The fraction of sp³-hybridized carbons (Fsp3) is 0.231. The molecule has 4 aromatic rings. The molecule has 0 aliphatic carbocycles. The van der Waals surface area contributed by atoms with Crippen LogP contribution in [0.2, 0.25) is 0 Å². The van der Waals surface area contributed by atoms with E-state index in [-0.39, 0.29) is 17.9 Å². The molecule has 1 aromatic heterocycles. The fourth-order valence-electron chi connectivity index (χ4n) is 3.57. The predicted octanol–water partition coefficient (Wildman–Crippen LogP) is 5.32. The Bertz CT molecular complexity index is 1150. The average molecular weight is 398 g/mol. The van der Waals surface area contributed by atoms with E-state index in [4.69, 9.17) is 4.98 Å². The van der Waals surface area contributed by atoms with Crippen LogP contribution in [-0.2, 0) is 23.3 Å². The van der Waals surface area contributed by atoms with Gasteiger partial charge in [-0.2, -0.15) is 0 Å². The first-order valence-electron chi connectivity index (χ1n) is 10.3. The highest BCUT2D eigenvalue weighted by molar-refractivity contribution is 5.84. The number of para-hydroxylation sites is 2. The molecule has 30 heavy (non-hydrogen) atoms. The Labute approximate surface area is 177 Å². The quantitative estimate of drug-likeness (QED) is 0.496. The topological polar surface area (TPSA) is 46.9 Å². The maximum absolute atomic E-state index is 12.7. The molecule has 0 unspecified atom stereocenters. The Morgan fingerprint density at radius 3 is 2.27 bits per heavy atom. The molecule has 1 heterocycles. The Morgan fingerprint density at radius 2 is 1.57 bits per heavy atom. The lowest BCUT2D eigenvalue weighted by Gasteiger charge is -2.19. The number of benzene rings is 3. The van der Waals surface area contributed by atoms with Gasteiger partial charge in [0.1, 0.15) is 12.4 Å². The van der Waals surface area contributed by atoms with Crippen LogP contribution < -0.4 is 5.32 Å². The molecule has 0 spiro atoms. The van der Waals surface area contributed by atoms with E-state index in [0.29, 0.717) is 6.54 Å². The van der Waals surface area contributed by atoms with Gasteiger partial charge >= 0.3 is 0 Å². The number of nitrogens with zero attached hydrogens (tertiary/aromatic N) is 2. The zero-order chi connectivity index (χ0) is 21.1. The third-order valence-corrected chi connectivity index (χ3v) is 5.30. The number of amides is 1. The number of hydrogen-bond acceptors (Lipinski definition) is 2. The number of fused-ring (bicyclic) bond motifs is 1. The molecule has 0 bridgehead atoms. The van der Waals surface area contributed by atoms with Crippen molar-refractivity contribution in [3.63, 3.8) is 0 Å². The predicted molar refractivity (Wildman–Crippen MR) is 122 cm³/mol. The maximum atomic E-state index is 12.7. The number of nitrogens with one attached hydrogen (secondary N) is 1. The smallest absolute Gasteiger partial charge is 0.240 e. The van der Waals surface area contributed by atoms with E-state index < -0.39 is 0 Å². The summed E-state index contributed by atoms with van der Waals surface area (Å²) in [5, 5.41) is 3.02. The number of rotatable bonds is 5. The van der Waals surface area contributed by atoms with Crippen molar-refractivity contribution < 1.29 is 4.79 Å². The molecular weight excluding hydrogens is 370 g/mol. The van der Waals surface area contributed by atoms with E-state index >= 15 is 0 Å². The number of carbonyl (C=O) groups is 1. The van der Waals surface area contributed by atoms with Crippen molar-refractivity contribution in [2.75, 3.05) is 0 Å². The molecule has 0 aliphatic rings. The molecule has 4 heteroatoms. The molecule has 0 radical (unpaired) electrons. The minimum absolute atomic E-state index is 0.0328. The summed E-state index contributed by atoms with van der Waals surface area (Å²) in [6, 6.07) is 26.4. The Kier molecular flexibility index (Phi) is 5.40. The van der Waals surface area contributed by atoms with Gasteiger partial charge in [-0.1, -0.05) is 87.5 Å². The van der Waals surface area contributed by atoms with Crippen molar-refractivity contribution in [2.24, 2.45) is 0 Å². The first-order chi connectivity index (χ1) is 14.4. The summed E-state index contributed by atoms with van der Waals surface area (Å²) in [5.41, 5.74) is 5.31. The summed E-state index contributed by atoms with van der Waals surface area (Å²) in [7, 11) is 0. The van der Waals surface area contributed by atoms with Crippen molar-refractivity contribution >= 4 is 16.9 Å². The monoisotopic (exact) mass is 397 g/mol. The van der Waals surface area contributed by atoms with Crippen LogP contribution in [0.25, 0.3) is 22.4 Å². The van der Waals surface area contributed by atoms with Crippen LogP contribution >= 0.6 is 0 Å². The maximum Gasteiger partial charge on any atom is 0.240 e. The largest absolute Gasteiger partial charge is 0.350 e. The van der Waals surface area contributed by atoms with Crippen LogP contribution in [0.1, 0.15) is 31.9 Å². The summed E-state index contributed by atoms with van der Waals surface area (Å²) in [6.07, 6.45) is 0. The van der Waals surface area contributed by atoms with Gasteiger partial charge in [0.15, 0.2) is 0 Å². The van der Waals surface area contributed by atoms with Crippen molar-refractivity contribution in [2.45, 2.75) is 39.3 Å². The molecule has 0 fully saturated rings. The van der Waals surface area contributed by atoms with Crippen molar-refractivity contribution in [1.29, 1.82) is 0 Å². The van der Waals surface area contributed by atoms with E-state index in [1.807, 2.05) is 59.2 Å². The van der Waals surface area contributed by atoms with Crippen LogP contribution in [-0.4, -0.2) is 15.5 Å². The number of aromatic nitrogens is 2. The van der Waals surface area contributed by atoms with E-state index in [0.717, 1.165) is 28.0 Å². The Morgan fingerprint density at radius 1 is 0.900 bits per heavy atom. The van der Waals surface area contributed by atoms with Crippen LogP contribution in [0.4, 0.5) is 0 Å². The van der Waals surface area contributed by atoms with Crippen LogP contribution in [0.5, 0.6) is 0 Å². The lowest BCUT2D eigenvalue weighted by atomic mass is 9.87. The molecule has 152 valence electrons. The molecule has 4 nitrogen and oxygen atoms in total. The van der Waals surface area contributed by atoms with Gasteiger partial charge in [0.25, 0.3) is 0 Å². The summed E-state index contributed by atoms with van der Waals surface area (Å²) in [4.78, 5) is 17.6. The Hall–Kier alpha value is -3.40. The average Bonchev–Trinajstić information content (AvgIpc) is 3.11. The molecule has 3 aromatic carbocycles. The van der Waals surface area contributed by atoms with Crippen molar-refractivity contribution in [3.05, 3.63) is 90.0 Å². The zero-order valence-corrected chi connectivity index (χ0v) is 17.7. The normalized spacial score (nSPS) is 11.6. The third kappa shape index (κ3) is 4.28. The Balaban J connectivity index is 1.63.